The van der Waals surface area contributed by atoms with E-state index in [1.807, 2.05) is 11.0 Å². The van der Waals surface area contributed by atoms with Gasteiger partial charge in [-0.3, -0.25) is 14.5 Å². The van der Waals surface area contributed by atoms with E-state index in [9.17, 15) is 9.59 Å². The Balaban J connectivity index is 1.20. The van der Waals surface area contributed by atoms with Crippen molar-refractivity contribution in [2.24, 2.45) is 5.92 Å². The SMILES string of the molecule is CC(C)n1c(CN2CCC[C@H](C(=O)N3CCN(C(=O)c4ccc(Cl)cc4Cl)CC3)C2)nc2ccccc21. The summed E-state index contributed by atoms with van der Waals surface area (Å²) in [5, 5.41) is 0.851. The zero-order chi connectivity index (χ0) is 26.1. The molecule has 1 aromatic heterocycles. The average molecular weight is 543 g/mol. The van der Waals surface area contributed by atoms with Crippen LogP contribution in [0.3, 0.4) is 0 Å². The van der Waals surface area contributed by atoms with Gasteiger partial charge in [0.05, 0.1) is 34.1 Å². The molecule has 0 radical (unpaired) electrons. The molecule has 0 saturated carbocycles. The summed E-state index contributed by atoms with van der Waals surface area (Å²) >= 11 is 12.2. The highest BCUT2D eigenvalue weighted by atomic mass is 35.5. The quantitative estimate of drug-likeness (QED) is 0.449. The van der Waals surface area contributed by atoms with Gasteiger partial charge in [-0.05, 0) is 63.6 Å². The molecular weight excluding hydrogens is 509 g/mol. The van der Waals surface area contributed by atoms with Crippen molar-refractivity contribution in [1.82, 2.24) is 24.3 Å². The van der Waals surface area contributed by atoms with Crippen molar-refractivity contribution in [3.8, 4) is 0 Å². The minimum Gasteiger partial charge on any atom is -0.339 e. The summed E-state index contributed by atoms with van der Waals surface area (Å²) < 4.78 is 2.31. The lowest BCUT2D eigenvalue weighted by atomic mass is 9.96. The standard InChI is InChI=1S/C28H33Cl2N5O2/c1-19(2)35-25-8-4-3-7-24(25)31-26(35)18-32-11-5-6-20(17-32)27(36)33-12-14-34(15-13-33)28(37)22-10-9-21(29)16-23(22)30/h3-4,7-10,16,19-20H,5-6,11-15,17-18H2,1-2H3/t20-/m0/s1. The van der Waals surface area contributed by atoms with Crippen LogP contribution in [0.1, 0.15) is 48.9 Å². The number of carbonyl (C=O) groups is 2. The molecular formula is C28H33Cl2N5O2. The van der Waals surface area contributed by atoms with Gasteiger partial charge in [0.15, 0.2) is 0 Å². The summed E-state index contributed by atoms with van der Waals surface area (Å²) in [6.45, 7) is 8.88. The van der Waals surface area contributed by atoms with Crippen LogP contribution in [0.2, 0.25) is 10.0 Å². The predicted molar refractivity (Wildman–Crippen MR) is 147 cm³/mol. The number of amides is 2. The van der Waals surface area contributed by atoms with Gasteiger partial charge in [0.1, 0.15) is 5.82 Å². The number of rotatable bonds is 5. The molecule has 2 aliphatic rings. The van der Waals surface area contributed by atoms with Gasteiger partial charge in [-0.2, -0.15) is 0 Å². The number of benzene rings is 2. The monoisotopic (exact) mass is 541 g/mol. The first-order valence-electron chi connectivity index (χ1n) is 13.0. The molecule has 1 atom stereocenters. The predicted octanol–water partition coefficient (Wildman–Crippen LogP) is 5.12. The van der Waals surface area contributed by atoms with E-state index in [-0.39, 0.29) is 17.7 Å². The van der Waals surface area contributed by atoms with Gasteiger partial charge in [-0.15, -0.1) is 0 Å². The van der Waals surface area contributed by atoms with Gasteiger partial charge in [-0.1, -0.05) is 35.3 Å². The van der Waals surface area contributed by atoms with E-state index in [1.54, 1.807) is 23.1 Å². The first-order chi connectivity index (χ1) is 17.8. The molecule has 2 fully saturated rings. The number of halogens is 2. The van der Waals surface area contributed by atoms with E-state index in [0.29, 0.717) is 47.8 Å². The number of nitrogens with zero attached hydrogens (tertiary/aromatic N) is 5. The van der Waals surface area contributed by atoms with Gasteiger partial charge >= 0.3 is 0 Å². The molecule has 37 heavy (non-hydrogen) atoms. The van der Waals surface area contributed by atoms with Crippen molar-refractivity contribution >= 4 is 46.0 Å². The third-order valence-corrected chi connectivity index (χ3v) is 7.99. The van der Waals surface area contributed by atoms with E-state index in [1.165, 1.54) is 0 Å². The van der Waals surface area contributed by atoms with Crippen LogP contribution in [0.15, 0.2) is 42.5 Å². The zero-order valence-corrected chi connectivity index (χ0v) is 22.9. The molecule has 2 saturated heterocycles. The molecule has 0 spiro atoms. The lowest BCUT2D eigenvalue weighted by molar-refractivity contribution is -0.139. The van der Waals surface area contributed by atoms with Crippen LogP contribution in [-0.2, 0) is 11.3 Å². The molecule has 0 aliphatic carbocycles. The van der Waals surface area contributed by atoms with Crippen LogP contribution in [0.25, 0.3) is 11.0 Å². The summed E-state index contributed by atoms with van der Waals surface area (Å²) in [4.78, 5) is 37.4. The molecule has 0 N–H and O–H groups in total. The number of hydrogen-bond donors (Lipinski definition) is 0. The summed E-state index contributed by atoms with van der Waals surface area (Å²) in [6.07, 6.45) is 1.89. The van der Waals surface area contributed by atoms with Crippen LogP contribution >= 0.6 is 23.2 Å². The Morgan fingerprint density at radius 3 is 2.46 bits per heavy atom. The van der Waals surface area contributed by atoms with Crippen LogP contribution in [0.5, 0.6) is 0 Å². The summed E-state index contributed by atoms with van der Waals surface area (Å²) in [6, 6.07) is 13.5. The molecule has 3 heterocycles. The zero-order valence-electron chi connectivity index (χ0n) is 21.4. The number of piperidine rings is 1. The number of aromatic nitrogens is 2. The Kier molecular flexibility index (Phi) is 7.75. The highest BCUT2D eigenvalue weighted by molar-refractivity contribution is 6.36. The largest absolute Gasteiger partial charge is 0.339 e. The van der Waals surface area contributed by atoms with E-state index in [0.717, 1.165) is 49.3 Å². The van der Waals surface area contributed by atoms with Gasteiger partial charge in [-0.25, -0.2) is 4.98 Å². The highest BCUT2D eigenvalue weighted by Crippen LogP contribution is 2.26. The first-order valence-corrected chi connectivity index (χ1v) is 13.8. The van der Waals surface area contributed by atoms with E-state index < -0.39 is 0 Å². The van der Waals surface area contributed by atoms with Gasteiger partial charge in [0.2, 0.25) is 5.91 Å². The molecule has 7 nitrogen and oxygen atoms in total. The first kappa shape index (κ1) is 26.0. The van der Waals surface area contributed by atoms with Crippen molar-refractivity contribution in [2.75, 3.05) is 39.3 Å². The fourth-order valence-corrected chi connectivity index (χ4v) is 6.09. The Labute approximate surface area is 227 Å². The third-order valence-electron chi connectivity index (χ3n) is 7.45. The number of piperazine rings is 1. The second kappa shape index (κ2) is 11.0. The molecule has 0 unspecified atom stereocenters. The summed E-state index contributed by atoms with van der Waals surface area (Å²) in [5.41, 5.74) is 2.62. The molecule has 5 rings (SSSR count). The van der Waals surface area contributed by atoms with Crippen molar-refractivity contribution in [2.45, 2.75) is 39.3 Å². The molecule has 2 amide bonds. The summed E-state index contributed by atoms with van der Waals surface area (Å²) in [7, 11) is 0. The second-order valence-corrected chi connectivity index (χ2v) is 11.1. The average Bonchev–Trinajstić information content (AvgIpc) is 3.26. The molecule has 0 bridgehead atoms. The van der Waals surface area contributed by atoms with Gasteiger partial charge in [0.25, 0.3) is 5.91 Å². The van der Waals surface area contributed by atoms with Crippen molar-refractivity contribution in [3.63, 3.8) is 0 Å². The number of likely N-dealkylation sites (tertiary alicyclic amines) is 1. The topological polar surface area (TPSA) is 61.7 Å². The molecule has 3 aromatic rings. The Morgan fingerprint density at radius 1 is 1.00 bits per heavy atom. The summed E-state index contributed by atoms with van der Waals surface area (Å²) in [5.74, 6) is 1.10. The lowest BCUT2D eigenvalue weighted by Gasteiger charge is -2.39. The van der Waals surface area contributed by atoms with Gasteiger partial charge in [0, 0.05) is 43.8 Å². The minimum atomic E-state index is -0.120. The molecule has 9 heteroatoms. The van der Waals surface area contributed by atoms with Crippen molar-refractivity contribution in [1.29, 1.82) is 0 Å². The van der Waals surface area contributed by atoms with E-state index in [2.05, 4.69) is 41.5 Å². The van der Waals surface area contributed by atoms with Crippen LogP contribution in [0, 0.1) is 5.92 Å². The Bertz CT molecular complexity index is 1300. The lowest BCUT2D eigenvalue weighted by Crippen LogP contribution is -2.53. The minimum absolute atomic E-state index is 0.0291. The molecule has 2 aromatic carbocycles. The molecule has 2 aliphatic heterocycles. The van der Waals surface area contributed by atoms with E-state index in [4.69, 9.17) is 28.2 Å². The van der Waals surface area contributed by atoms with Crippen LogP contribution in [-0.4, -0.2) is 75.3 Å². The third kappa shape index (κ3) is 5.49. The maximum absolute atomic E-state index is 13.4. The van der Waals surface area contributed by atoms with Crippen molar-refractivity contribution in [3.05, 3.63) is 63.9 Å². The second-order valence-electron chi connectivity index (χ2n) is 10.3. The number of carbonyl (C=O) groups excluding carboxylic acids is 2. The van der Waals surface area contributed by atoms with E-state index >= 15 is 0 Å². The Hall–Kier alpha value is -2.61. The normalized spacial score (nSPS) is 19.1. The number of fused-ring (bicyclic) bond motifs is 1. The highest BCUT2D eigenvalue weighted by Gasteiger charge is 2.33. The fourth-order valence-electron chi connectivity index (χ4n) is 5.60. The molecule has 196 valence electrons. The number of imidazole rings is 1. The van der Waals surface area contributed by atoms with Crippen molar-refractivity contribution < 1.29 is 9.59 Å². The Morgan fingerprint density at radius 2 is 1.73 bits per heavy atom. The maximum atomic E-state index is 13.4. The van der Waals surface area contributed by atoms with Gasteiger partial charge < -0.3 is 14.4 Å². The van der Waals surface area contributed by atoms with Crippen LogP contribution < -0.4 is 0 Å². The number of para-hydroxylation sites is 2. The smallest absolute Gasteiger partial charge is 0.255 e. The van der Waals surface area contributed by atoms with Crippen LogP contribution in [0.4, 0.5) is 0 Å². The maximum Gasteiger partial charge on any atom is 0.255 e. The fraction of sp³-hybridized carbons (Fsp3) is 0.464. The number of hydrogen-bond acceptors (Lipinski definition) is 4.